The Kier molecular flexibility index (Phi) is 9.26. The van der Waals surface area contributed by atoms with Crippen LogP contribution < -0.4 is 27.0 Å². The molecule has 6 N–H and O–H groups in total. The number of nitrogens with zero attached hydrogens (tertiary/aromatic N) is 5. The number of aromatic nitrogens is 3. The monoisotopic (exact) mass is 689 g/mol. The Morgan fingerprint density at radius 1 is 1.22 bits per heavy atom. The van der Waals surface area contributed by atoms with Gasteiger partial charge in [-0.3, -0.25) is 14.4 Å². The van der Waals surface area contributed by atoms with Crippen LogP contribution in [0.2, 0.25) is 0 Å². The van der Waals surface area contributed by atoms with Crippen LogP contribution in [0.5, 0.6) is 0 Å². The van der Waals surface area contributed by atoms with Crippen molar-refractivity contribution in [3.63, 3.8) is 0 Å². The molecule has 258 valence electrons. The smallest absolute Gasteiger partial charge is 0.254 e. The number of Topliss-reactive ketones (excluding diaryl/α,β-unsaturated/α-hetero) is 1. The van der Waals surface area contributed by atoms with E-state index in [0.717, 1.165) is 36.6 Å². The number of nitrogens with one attached hydrogen (secondary N) is 2. The summed E-state index contributed by atoms with van der Waals surface area (Å²) in [5.74, 6) is 0.452. The number of hydrogen-bond acceptors (Lipinski definition) is 13. The van der Waals surface area contributed by atoms with Gasteiger partial charge in [-0.2, -0.15) is 0 Å². The second-order valence-corrected chi connectivity index (χ2v) is 14.4. The molecule has 0 saturated carbocycles. The van der Waals surface area contributed by atoms with Crippen LogP contribution in [0.3, 0.4) is 0 Å². The lowest BCUT2D eigenvalue weighted by molar-refractivity contribution is -0.131. The molecule has 13 nitrogen and oxygen atoms in total. The quantitative estimate of drug-likeness (QED) is 0.190. The number of fused-ring (bicyclic) bond motifs is 1. The number of pyridine rings is 1. The van der Waals surface area contributed by atoms with Gasteiger partial charge < -0.3 is 36.6 Å². The van der Waals surface area contributed by atoms with Gasteiger partial charge in [-0.05, 0) is 50.8 Å². The average molecular weight is 690 g/mol. The highest BCUT2D eigenvalue weighted by molar-refractivity contribution is 7.99. The molecule has 0 radical (unpaired) electrons. The predicted molar refractivity (Wildman–Crippen MR) is 181 cm³/mol. The number of piperidine rings is 2. The molecular weight excluding hydrogens is 649 g/mol. The minimum Gasteiger partial charge on any atom is -0.384 e. The number of aldehydes is 1. The van der Waals surface area contributed by atoms with Crippen molar-refractivity contribution >= 4 is 47.2 Å². The van der Waals surface area contributed by atoms with E-state index in [4.69, 9.17) is 16.2 Å². The minimum absolute atomic E-state index is 0.0125. The van der Waals surface area contributed by atoms with E-state index in [2.05, 4.69) is 37.4 Å². The molecule has 2 unspecified atom stereocenters. The third-order valence-electron chi connectivity index (χ3n) is 10.5. The minimum atomic E-state index is -0.525. The highest BCUT2D eigenvalue weighted by atomic mass is 32.2. The summed E-state index contributed by atoms with van der Waals surface area (Å²) in [4.78, 5) is 53.9. The molecule has 4 aliphatic heterocycles. The Labute approximate surface area is 287 Å². The van der Waals surface area contributed by atoms with Gasteiger partial charge in [0.25, 0.3) is 5.91 Å². The number of nitrogen functional groups attached to an aromatic ring is 2. The number of nitrogens with two attached hydrogens (primary N) is 2. The van der Waals surface area contributed by atoms with Crippen molar-refractivity contribution in [2.24, 2.45) is 5.41 Å². The van der Waals surface area contributed by atoms with E-state index in [1.54, 1.807) is 35.5 Å². The van der Waals surface area contributed by atoms with Crippen molar-refractivity contribution in [3.05, 3.63) is 59.2 Å². The van der Waals surface area contributed by atoms with Gasteiger partial charge in [-0.1, -0.05) is 17.8 Å². The lowest BCUT2D eigenvalue weighted by Crippen LogP contribution is -2.52. The zero-order chi connectivity index (χ0) is 34.3. The summed E-state index contributed by atoms with van der Waals surface area (Å²) in [6, 6.07) is 6.34. The largest absolute Gasteiger partial charge is 0.384 e. The maximum atomic E-state index is 16.0. The zero-order valence-electron chi connectivity index (χ0n) is 27.2. The highest BCUT2D eigenvalue weighted by Gasteiger charge is 2.49. The number of hydrogen-bond donors (Lipinski definition) is 4. The fourth-order valence-electron chi connectivity index (χ4n) is 7.72. The summed E-state index contributed by atoms with van der Waals surface area (Å²) in [6.45, 7) is 5.04. The molecule has 1 aromatic carbocycles. The normalized spacial score (nSPS) is 24.7. The Hall–Kier alpha value is -4.18. The molecule has 3 aromatic rings. The number of ketones is 1. The van der Waals surface area contributed by atoms with Crippen LogP contribution in [-0.2, 0) is 27.4 Å². The van der Waals surface area contributed by atoms with E-state index in [1.807, 2.05) is 6.07 Å². The number of rotatable bonds is 9. The van der Waals surface area contributed by atoms with Gasteiger partial charge in [-0.25, -0.2) is 19.3 Å². The molecule has 15 heteroatoms. The Morgan fingerprint density at radius 2 is 2.04 bits per heavy atom. The first-order chi connectivity index (χ1) is 23.7. The SMILES string of the molecule is C[C@@H]1OCC2(CCN(c3cnc(Sc4ccnc(N)c4)c(N)n3)CC2)[C@@H]1NCc1ccc2c(c1F)CN(C1CCC(C(=O)C=O)NC1)C2=O. The second-order valence-electron chi connectivity index (χ2n) is 13.4. The summed E-state index contributed by atoms with van der Waals surface area (Å²) >= 11 is 1.39. The number of carbonyl (C=O) groups excluding carboxylic acids is 3. The number of amides is 1. The van der Waals surface area contributed by atoms with Gasteiger partial charge in [-0.15, -0.1) is 0 Å². The molecule has 3 fully saturated rings. The predicted octanol–water partition coefficient (Wildman–Crippen LogP) is 2.33. The van der Waals surface area contributed by atoms with Crippen molar-refractivity contribution < 1.29 is 23.5 Å². The molecule has 7 rings (SSSR count). The van der Waals surface area contributed by atoms with E-state index in [-0.39, 0.29) is 41.9 Å². The Morgan fingerprint density at radius 3 is 2.76 bits per heavy atom. The molecule has 0 bridgehead atoms. The van der Waals surface area contributed by atoms with Gasteiger partial charge in [0.05, 0.1) is 31.5 Å². The standard InChI is InChI=1S/C34H40FN9O4S/c1-19-30(40-13-20-2-4-23-24(29(20)35)16-44(33(23)47)21-3-5-25(39-14-21)26(46)17-45)34(18-48-19)7-10-43(11-8-34)28-15-41-32(31(37)42-28)49-22-6-9-38-27(36)12-22/h2,4,6,9,12,15,17,19,21,25,30,39-40H,3,5,7-8,10-11,13-14,16,18H2,1H3,(H2,36,38)(H2,37,42)/t19-,21?,25?,30+/m0/s1. The van der Waals surface area contributed by atoms with Crippen molar-refractivity contribution in [2.45, 2.75) is 79.8 Å². The summed E-state index contributed by atoms with van der Waals surface area (Å²) < 4.78 is 22.1. The van der Waals surface area contributed by atoms with Crippen molar-refractivity contribution in [1.82, 2.24) is 30.5 Å². The second kappa shape index (κ2) is 13.6. The van der Waals surface area contributed by atoms with E-state index < -0.39 is 11.8 Å². The Balaban J connectivity index is 0.971. The molecule has 3 saturated heterocycles. The van der Waals surface area contributed by atoms with Crippen molar-refractivity contribution in [3.8, 4) is 0 Å². The third kappa shape index (κ3) is 6.47. The van der Waals surface area contributed by atoms with Gasteiger partial charge in [0.2, 0.25) is 5.78 Å². The molecule has 4 atom stereocenters. The Bertz CT molecular complexity index is 1760. The van der Waals surface area contributed by atoms with Gasteiger partial charge in [0.15, 0.2) is 12.1 Å². The van der Waals surface area contributed by atoms with Crippen LogP contribution >= 0.6 is 11.8 Å². The lowest BCUT2D eigenvalue weighted by atomic mass is 9.73. The molecule has 1 amide bonds. The summed E-state index contributed by atoms with van der Waals surface area (Å²) in [5, 5.41) is 7.30. The van der Waals surface area contributed by atoms with E-state index in [9.17, 15) is 14.4 Å². The van der Waals surface area contributed by atoms with Crippen LogP contribution in [0.4, 0.5) is 21.8 Å². The van der Waals surface area contributed by atoms with Crippen molar-refractivity contribution in [2.75, 3.05) is 42.6 Å². The maximum Gasteiger partial charge on any atom is 0.254 e. The van der Waals surface area contributed by atoms with Crippen LogP contribution in [0.25, 0.3) is 0 Å². The molecule has 0 aliphatic carbocycles. The fourth-order valence-corrected chi connectivity index (χ4v) is 8.51. The van der Waals surface area contributed by atoms with Gasteiger partial charge >= 0.3 is 0 Å². The van der Waals surface area contributed by atoms with Crippen LogP contribution in [0, 0.1) is 11.2 Å². The van der Waals surface area contributed by atoms with Gasteiger partial charge in [0.1, 0.15) is 22.5 Å². The number of carbonyl (C=O) groups is 3. The van der Waals surface area contributed by atoms with Crippen LogP contribution in [-0.4, -0.2) is 88.3 Å². The van der Waals surface area contributed by atoms with E-state index >= 15 is 4.39 Å². The van der Waals surface area contributed by atoms with Gasteiger partial charge in [0, 0.05) is 71.5 Å². The third-order valence-corrected chi connectivity index (χ3v) is 11.5. The fraction of sp³-hybridized carbons (Fsp3) is 0.471. The molecule has 6 heterocycles. The molecule has 2 aromatic heterocycles. The van der Waals surface area contributed by atoms with E-state index in [0.29, 0.717) is 72.2 Å². The maximum absolute atomic E-state index is 16.0. The summed E-state index contributed by atoms with van der Waals surface area (Å²) in [7, 11) is 0. The first-order valence-electron chi connectivity index (χ1n) is 16.6. The first kappa shape index (κ1) is 33.3. The molecule has 4 aliphatic rings. The van der Waals surface area contributed by atoms with Crippen LogP contribution in [0.1, 0.15) is 54.1 Å². The summed E-state index contributed by atoms with van der Waals surface area (Å²) in [5.41, 5.74) is 13.3. The average Bonchev–Trinajstić information content (AvgIpc) is 3.61. The first-order valence-corrected chi connectivity index (χ1v) is 17.4. The number of anilines is 3. The highest BCUT2D eigenvalue weighted by Crippen LogP contribution is 2.43. The number of benzene rings is 1. The molecule has 49 heavy (non-hydrogen) atoms. The molecule has 1 spiro atoms. The lowest BCUT2D eigenvalue weighted by Gasteiger charge is -2.43. The summed E-state index contributed by atoms with van der Waals surface area (Å²) in [6.07, 6.45) is 6.41. The molecular formula is C34H40FN9O4S. The topological polar surface area (TPSA) is 182 Å². The number of ether oxygens (including phenoxy) is 1. The van der Waals surface area contributed by atoms with E-state index in [1.165, 1.54) is 11.8 Å². The van der Waals surface area contributed by atoms with Crippen LogP contribution in [0.15, 0.2) is 46.6 Å². The number of halogens is 1. The van der Waals surface area contributed by atoms with Crippen molar-refractivity contribution in [1.29, 1.82) is 0 Å². The zero-order valence-corrected chi connectivity index (χ0v) is 28.0.